The number of aromatic nitrogens is 3. The molecule has 3 atom stereocenters. The zero-order chi connectivity index (χ0) is 23.0. The van der Waals surface area contributed by atoms with Crippen LogP contribution in [-0.4, -0.2) is 26.8 Å². The van der Waals surface area contributed by atoms with Crippen LogP contribution in [0.15, 0.2) is 54.4 Å². The number of amides is 1. The minimum absolute atomic E-state index is 0.0454. The zero-order valence-corrected chi connectivity index (χ0v) is 16.4. The molecule has 2 heterocycles. The predicted molar refractivity (Wildman–Crippen MR) is 98.6 cm³/mol. The maximum absolute atomic E-state index is 13.6. The molecule has 2 unspecified atom stereocenters. The lowest BCUT2D eigenvalue weighted by Gasteiger charge is -2.32. The number of hydrogen-bond donors (Lipinski definition) is 1. The van der Waals surface area contributed by atoms with E-state index in [1.165, 1.54) is 23.9 Å². The van der Waals surface area contributed by atoms with Gasteiger partial charge < -0.3 is 5.32 Å². The number of rotatable bonds is 4. The van der Waals surface area contributed by atoms with Gasteiger partial charge in [0.2, 0.25) is 0 Å². The molecule has 1 amide bonds. The van der Waals surface area contributed by atoms with E-state index in [2.05, 4.69) is 15.4 Å². The van der Waals surface area contributed by atoms with E-state index >= 15 is 0 Å². The molecular weight excluding hydrogens is 426 g/mol. The van der Waals surface area contributed by atoms with E-state index < -0.39 is 53.0 Å². The van der Waals surface area contributed by atoms with Crippen LogP contribution in [0.2, 0.25) is 0 Å². The van der Waals surface area contributed by atoms with Crippen molar-refractivity contribution >= 4 is 5.91 Å². The van der Waals surface area contributed by atoms with Gasteiger partial charge in [0.05, 0.1) is 22.9 Å². The molecule has 0 spiro atoms. The molecule has 5 nitrogen and oxygen atoms in total. The summed E-state index contributed by atoms with van der Waals surface area (Å²) in [5.41, 5.74) is -2.50. The lowest BCUT2D eigenvalue weighted by atomic mass is 9.79. The highest BCUT2D eigenvalue weighted by Crippen LogP contribution is 2.41. The minimum Gasteiger partial charge on any atom is -0.342 e. The van der Waals surface area contributed by atoms with Crippen LogP contribution in [0.5, 0.6) is 0 Å². The minimum atomic E-state index is -4.77. The van der Waals surface area contributed by atoms with Gasteiger partial charge in [-0.15, -0.1) is 0 Å². The summed E-state index contributed by atoms with van der Waals surface area (Å²) >= 11 is 0. The van der Waals surface area contributed by atoms with Gasteiger partial charge in [0.15, 0.2) is 0 Å². The van der Waals surface area contributed by atoms with Crippen molar-refractivity contribution in [1.29, 1.82) is 0 Å². The molecule has 0 saturated carbocycles. The molecule has 31 heavy (non-hydrogen) atoms. The second-order valence-electron chi connectivity index (χ2n) is 7.18. The Bertz CT molecular complexity index is 1020. The van der Waals surface area contributed by atoms with Gasteiger partial charge in [0, 0.05) is 25.4 Å². The maximum Gasteiger partial charge on any atom is 0.418 e. The summed E-state index contributed by atoms with van der Waals surface area (Å²) in [4.78, 5) is 16.5. The fourth-order valence-electron chi connectivity index (χ4n) is 3.45. The third-order valence-electron chi connectivity index (χ3n) is 4.93. The topological polar surface area (TPSA) is 59.8 Å². The lowest BCUT2D eigenvalue weighted by molar-refractivity contribution is -0.138. The van der Waals surface area contributed by atoms with Crippen LogP contribution in [0.3, 0.4) is 0 Å². The number of carbonyl (C=O) groups is 1. The number of hydrogen-bond acceptors (Lipinski definition) is 3. The molecule has 2 aromatic heterocycles. The van der Waals surface area contributed by atoms with Crippen molar-refractivity contribution in [1.82, 2.24) is 20.1 Å². The van der Waals surface area contributed by atoms with Crippen molar-refractivity contribution in [2.75, 3.05) is 0 Å². The summed E-state index contributed by atoms with van der Waals surface area (Å²) in [7, 11) is 1.56. The molecule has 2 aromatic rings. The van der Waals surface area contributed by atoms with E-state index in [-0.39, 0.29) is 5.69 Å². The van der Waals surface area contributed by atoms with Gasteiger partial charge in [-0.25, -0.2) is 0 Å². The summed E-state index contributed by atoms with van der Waals surface area (Å²) in [6.07, 6.45) is -3.85. The van der Waals surface area contributed by atoms with Gasteiger partial charge in [-0.3, -0.25) is 14.5 Å². The molecule has 0 bridgehead atoms. The van der Waals surface area contributed by atoms with Gasteiger partial charge in [-0.1, -0.05) is 25.2 Å². The lowest BCUT2D eigenvalue weighted by Crippen LogP contribution is -2.38. The van der Waals surface area contributed by atoms with Crippen molar-refractivity contribution in [2.45, 2.75) is 25.3 Å². The Morgan fingerprint density at radius 3 is 2.42 bits per heavy atom. The van der Waals surface area contributed by atoms with Crippen LogP contribution >= 0.6 is 0 Å². The van der Waals surface area contributed by atoms with Crippen molar-refractivity contribution < 1.29 is 31.1 Å². The SMILES string of the molecule is CC1C=C(C(F)(F)F)C=CC1[C@H](NC(=O)c1ccn(C)n1)c1ncccc1C(F)(F)F. The van der Waals surface area contributed by atoms with E-state index in [0.29, 0.717) is 0 Å². The number of allylic oxidation sites excluding steroid dienone is 3. The standard InChI is InChI=1S/C20H18F6N4O/c1-11-10-12(19(21,22)23)5-6-13(11)16(28-18(31)15-7-9-30(2)29-15)17-14(20(24,25)26)4-3-8-27-17/h3-11,13,16H,1-2H3,(H,28,31)/t11?,13?,16-/m0/s1. The third-order valence-corrected chi connectivity index (χ3v) is 4.93. The van der Waals surface area contributed by atoms with Crippen molar-refractivity contribution in [2.24, 2.45) is 18.9 Å². The molecule has 0 radical (unpaired) electrons. The molecule has 0 fully saturated rings. The number of halogens is 6. The number of pyridine rings is 1. The third kappa shape index (κ3) is 4.97. The summed E-state index contributed by atoms with van der Waals surface area (Å²) in [5.74, 6) is -2.51. The fourth-order valence-corrected chi connectivity index (χ4v) is 3.45. The van der Waals surface area contributed by atoms with E-state index in [1.807, 2.05) is 0 Å². The van der Waals surface area contributed by atoms with Crippen molar-refractivity contribution in [3.05, 3.63) is 71.3 Å². The van der Waals surface area contributed by atoms with Gasteiger partial charge >= 0.3 is 12.4 Å². The maximum atomic E-state index is 13.6. The number of nitrogens with zero attached hydrogens (tertiary/aromatic N) is 3. The Morgan fingerprint density at radius 2 is 1.87 bits per heavy atom. The van der Waals surface area contributed by atoms with E-state index in [1.54, 1.807) is 7.05 Å². The normalized spacial score (nSPS) is 20.3. The smallest absolute Gasteiger partial charge is 0.342 e. The number of carbonyl (C=O) groups excluding carboxylic acids is 1. The molecule has 0 saturated heterocycles. The molecule has 3 rings (SSSR count). The van der Waals surface area contributed by atoms with Gasteiger partial charge in [0.1, 0.15) is 5.69 Å². The van der Waals surface area contributed by atoms with E-state index in [9.17, 15) is 31.1 Å². The van der Waals surface area contributed by atoms with E-state index in [4.69, 9.17) is 0 Å². The first-order valence-corrected chi connectivity index (χ1v) is 9.17. The molecule has 166 valence electrons. The summed E-state index contributed by atoms with van der Waals surface area (Å²) in [6.45, 7) is 1.44. The Hall–Kier alpha value is -3.11. The molecule has 1 aliphatic carbocycles. The van der Waals surface area contributed by atoms with Crippen LogP contribution in [0.1, 0.15) is 34.7 Å². The largest absolute Gasteiger partial charge is 0.418 e. The molecule has 1 aliphatic rings. The molecule has 11 heteroatoms. The molecule has 1 N–H and O–H groups in total. The quantitative estimate of drug-likeness (QED) is 0.701. The Labute approximate surface area is 173 Å². The summed E-state index contributed by atoms with van der Waals surface area (Å²) in [6, 6.07) is 1.95. The monoisotopic (exact) mass is 444 g/mol. The highest BCUT2D eigenvalue weighted by molar-refractivity contribution is 5.92. The van der Waals surface area contributed by atoms with Gasteiger partial charge in [0.25, 0.3) is 5.91 Å². The van der Waals surface area contributed by atoms with Crippen LogP contribution in [0.25, 0.3) is 0 Å². The Morgan fingerprint density at radius 1 is 1.16 bits per heavy atom. The number of alkyl halides is 6. The highest BCUT2D eigenvalue weighted by atomic mass is 19.4. The first-order chi connectivity index (χ1) is 14.4. The fraction of sp³-hybridized carbons (Fsp3) is 0.350. The second-order valence-corrected chi connectivity index (χ2v) is 7.18. The number of nitrogens with one attached hydrogen (secondary N) is 1. The Kier molecular flexibility index (Phi) is 5.97. The van der Waals surface area contributed by atoms with Crippen LogP contribution in [0, 0.1) is 11.8 Å². The van der Waals surface area contributed by atoms with E-state index in [0.717, 1.165) is 36.6 Å². The first-order valence-electron chi connectivity index (χ1n) is 9.17. The van der Waals surface area contributed by atoms with Crippen molar-refractivity contribution in [3.8, 4) is 0 Å². The molecule has 0 aliphatic heterocycles. The van der Waals surface area contributed by atoms with Crippen LogP contribution in [-0.2, 0) is 13.2 Å². The van der Waals surface area contributed by atoms with Gasteiger partial charge in [-0.2, -0.15) is 31.4 Å². The van der Waals surface area contributed by atoms with Crippen LogP contribution < -0.4 is 5.32 Å². The summed E-state index contributed by atoms with van der Waals surface area (Å²) < 4.78 is 81.3. The zero-order valence-electron chi connectivity index (χ0n) is 16.4. The average Bonchev–Trinajstić information content (AvgIpc) is 3.11. The number of aryl methyl sites for hydroxylation is 1. The molecule has 0 aromatic carbocycles. The Balaban J connectivity index is 2.04. The van der Waals surface area contributed by atoms with Crippen molar-refractivity contribution in [3.63, 3.8) is 0 Å². The highest BCUT2D eigenvalue weighted by Gasteiger charge is 2.41. The second kappa shape index (κ2) is 8.20. The van der Waals surface area contributed by atoms with Gasteiger partial charge in [-0.05, 0) is 24.1 Å². The summed E-state index contributed by atoms with van der Waals surface area (Å²) in [5, 5.41) is 6.41. The molecular formula is C20H18F6N4O. The predicted octanol–water partition coefficient (Wildman–Crippen LogP) is 4.62. The first kappa shape index (κ1) is 22.6. The van der Waals surface area contributed by atoms with Crippen LogP contribution in [0.4, 0.5) is 26.3 Å². The average molecular weight is 444 g/mol.